The number of ether oxygens (including phenoxy) is 2. The van der Waals surface area contributed by atoms with E-state index in [0.717, 1.165) is 24.2 Å². The molecule has 0 aliphatic carbocycles. The Bertz CT molecular complexity index is 1020. The van der Waals surface area contributed by atoms with Gasteiger partial charge in [-0.2, -0.15) is 0 Å². The Hall–Kier alpha value is -3.32. The fourth-order valence-electron chi connectivity index (χ4n) is 3.35. The molecule has 0 fully saturated rings. The average molecular weight is 424 g/mol. The number of furan rings is 1. The van der Waals surface area contributed by atoms with Crippen molar-refractivity contribution in [1.29, 1.82) is 0 Å². The highest BCUT2D eigenvalue weighted by molar-refractivity contribution is 5.98. The van der Waals surface area contributed by atoms with Crippen LogP contribution in [0.25, 0.3) is 11.0 Å². The zero-order chi connectivity index (χ0) is 22.2. The van der Waals surface area contributed by atoms with E-state index in [-0.39, 0.29) is 12.4 Å². The number of hydrogen-bond donors (Lipinski definition) is 1. The first kappa shape index (κ1) is 22.4. The topological polar surface area (TPSA) is 81.0 Å². The maximum atomic E-state index is 12.6. The number of para-hydroxylation sites is 1. The number of anilines is 2. The number of esters is 1. The first-order valence-corrected chi connectivity index (χ1v) is 10.5. The molecule has 7 heteroatoms. The molecule has 0 atom stereocenters. The number of benzene rings is 2. The van der Waals surface area contributed by atoms with Crippen LogP contribution in [-0.4, -0.2) is 38.2 Å². The van der Waals surface area contributed by atoms with Gasteiger partial charge in [0.25, 0.3) is 5.91 Å². The van der Waals surface area contributed by atoms with Crippen LogP contribution in [0.3, 0.4) is 0 Å². The molecule has 3 rings (SSSR count). The van der Waals surface area contributed by atoms with Crippen molar-refractivity contribution in [3.63, 3.8) is 0 Å². The Labute approximate surface area is 181 Å². The van der Waals surface area contributed by atoms with Gasteiger partial charge in [0.2, 0.25) is 5.76 Å². The Morgan fingerprint density at radius 2 is 1.71 bits per heavy atom. The molecule has 0 saturated carbocycles. The molecule has 0 aliphatic heterocycles. The molecule has 0 saturated heterocycles. The van der Waals surface area contributed by atoms with Crippen LogP contribution in [0.1, 0.15) is 36.9 Å². The van der Waals surface area contributed by atoms with E-state index in [0.29, 0.717) is 23.4 Å². The van der Waals surface area contributed by atoms with Gasteiger partial charge in [-0.1, -0.05) is 18.2 Å². The summed E-state index contributed by atoms with van der Waals surface area (Å²) in [6.45, 7) is 8.19. The third-order valence-corrected chi connectivity index (χ3v) is 4.95. The van der Waals surface area contributed by atoms with Gasteiger partial charge in [-0.15, -0.1) is 0 Å². The van der Waals surface area contributed by atoms with Crippen LogP contribution in [0.4, 0.5) is 11.4 Å². The molecule has 0 bridgehead atoms. The molecule has 1 amide bonds. The van der Waals surface area contributed by atoms with Crippen molar-refractivity contribution in [2.75, 3.05) is 36.5 Å². The first-order chi connectivity index (χ1) is 15.1. The maximum absolute atomic E-state index is 12.6. The lowest BCUT2D eigenvalue weighted by Crippen LogP contribution is -2.22. The summed E-state index contributed by atoms with van der Waals surface area (Å²) in [5.74, 6) is -1.06. The summed E-state index contributed by atoms with van der Waals surface area (Å²) >= 11 is 0. The van der Waals surface area contributed by atoms with Gasteiger partial charge in [-0.05, 0) is 51.1 Å². The van der Waals surface area contributed by atoms with Gasteiger partial charge < -0.3 is 24.1 Å². The SMILES string of the molecule is CCOCc1c(C(=O)OCC(=O)Nc2ccc(N(CC)CC)cc2)oc2ccccc12. The number of hydrogen-bond acceptors (Lipinski definition) is 6. The summed E-state index contributed by atoms with van der Waals surface area (Å²) in [6.07, 6.45) is 0. The van der Waals surface area contributed by atoms with Crippen molar-refractivity contribution in [1.82, 2.24) is 0 Å². The van der Waals surface area contributed by atoms with Gasteiger partial charge in [0.1, 0.15) is 5.58 Å². The predicted octanol–water partition coefficient (Wildman–Crippen LogP) is 4.61. The van der Waals surface area contributed by atoms with E-state index in [4.69, 9.17) is 13.9 Å². The maximum Gasteiger partial charge on any atom is 0.375 e. The number of nitrogens with one attached hydrogen (secondary N) is 1. The first-order valence-electron chi connectivity index (χ1n) is 10.5. The Balaban J connectivity index is 1.62. The van der Waals surface area contributed by atoms with Gasteiger partial charge in [-0.3, -0.25) is 4.79 Å². The smallest absolute Gasteiger partial charge is 0.375 e. The molecule has 0 unspecified atom stereocenters. The summed E-state index contributed by atoms with van der Waals surface area (Å²) in [7, 11) is 0. The van der Waals surface area contributed by atoms with Crippen molar-refractivity contribution in [3.8, 4) is 0 Å². The Morgan fingerprint density at radius 3 is 2.39 bits per heavy atom. The molecule has 0 radical (unpaired) electrons. The van der Waals surface area contributed by atoms with E-state index in [2.05, 4.69) is 24.1 Å². The van der Waals surface area contributed by atoms with E-state index in [1.54, 1.807) is 6.07 Å². The van der Waals surface area contributed by atoms with Crippen molar-refractivity contribution in [2.45, 2.75) is 27.4 Å². The standard InChI is InChI=1S/C24H28N2O5/c1-4-26(5-2)18-13-11-17(12-14-18)25-22(27)16-30-24(28)23-20(15-29-6-3)19-9-7-8-10-21(19)31-23/h7-14H,4-6,15-16H2,1-3H3,(H,25,27). The molecule has 7 nitrogen and oxygen atoms in total. The number of rotatable bonds is 10. The normalized spacial score (nSPS) is 10.8. The Kier molecular flexibility index (Phi) is 7.67. The monoisotopic (exact) mass is 424 g/mol. The summed E-state index contributed by atoms with van der Waals surface area (Å²) < 4.78 is 16.3. The quantitative estimate of drug-likeness (QED) is 0.479. The van der Waals surface area contributed by atoms with Crippen LogP contribution in [0.15, 0.2) is 52.9 Å². The number of fused-ring (bicyclic) bond motifs is 1. The second-order valence-electron chi connectivity index (χ2n) is 6.89. The molecular weight excluding hydrogens is 396 g/mol. The molecule has 0 spiro atoms. The summed E-state index contributed by atoms with van der Waals surface area (Å²) in [6, 6.07) is 14.9. The van der Waals surface area contributed by atoms with E-state index >= 15 is 0 Å². The van der Waals surface area contributed by atoms with Crippen LogP contribution in [0.2, 0.25) is 0 Å². The fraction of sp³-hybridized carbons (Fsp3) is 0.333. The number of amides is 1. The summed E-state index contributed by atoms with van der Waals surface area (Å²) in [4.78, 5) is 27.0. The second-order valence-corrected chi connectivity index (χ2v) is 6.89. The van der Waals surface area contributed by atoms with Crippen LogP contribution >= 0.6 is 0 Å². The molecule has 1 aromatic heterocycles. The minimum atomic E-state index is -0.696. The van der Waals surface area contributed by atoms with E-state index in [9.17, 15) is 9.59 Å². The summed E-state index contributed by atoms with van der Waals surface area (Å²) in [5, 5.41) is 3.53. The van der Waals surface area contributed by atoms with Crippen LogP contribution in [0.5, 0.6) is 0 Å². The lowest BCUT2D eigenvalue weighted by Gasteiger charge is -2.21. The van der Waals surface area contributed by atoms with Crippen LogP contribution < -0.4 is 10.2 Å². The minimum absolute atomic E-state index is 0.0611. The second kappa shape index (κ2) is 10.6. The lowest BCUT2D eigenvalue weighted by molar-refractivity contribution is -0.119. The van der Waals surface area contributed by atoms with Gasteiger partial charge in [-0.25, -0.2) is 4.79 Å². The zero-order valence-corrected chi connectivity index (χ0v) is 18.1. The van der Waals surface area contributed by atoms with Crippen molar-refractivity contribution < 1.29 is 23.5 Å². The average Bonchev–Trinajstić information content (AvgIpc) is 3.16. The predicted molar refractivity (Wildman–Crippen MR) is 120 cm³/mol. The van der Waals surface area contributed by atoms with Crippen LogP contribution in [-0.2, 0) is 20.9 Å². The zero-order valence-electron chi connectivity index (χ0n) is 18.1. The molecule has 1 heterocycles. The molecular formula is C24H28N2O5. The molecule has 31 heavy (non-hydrogen) atoms. The van der Waals surface area contributed by atoms with Crippen LogP contribution in [0, 0.1) is 0 Å². The van der Waals surface area contributed by atoms with E-state index < -0.39 is 18.5 Å². The van der Waals surface area contributed by atoms with Gasteiger partial charge >= 0.3 is 5.97 Å². The molecule has 164 valence electrons. The molecule has 2 aromatic carbocycles. The number of carbonyl (C=O) groups is 2. The van der Waals surface area contributed by atoms with Crippen molar-refractivity contribution in [2.24, 2.45) is 0 Å². The van der Waals surface area contributed by atoms with Gasteiger partial charge in [0.15, 0.2) is 6.61 Å². The van der Waals surface area contributed by atoms with E-state index in [1.165, 1.54) is 0 Å². The minimum Gasteiger partial charge on any atom is -0.450 e. The Morgan fingerprint density at radius 1 is 1.00 bits per heavy atom. The largest absolute Gasteiger partial charge is 0.450 e. The molecule has 0 aliphatic rings. The summed E-state index contributed by atoms with van der Waals surface area (Å²) in [5.41, 5.74) is 2.91. The van der Waals surface area contributed by atoms with Crippen molar-refractivity contribution in [3.05, 3.63) is 59.9 Å². The highest BCUT2D eigenvalue weighted by atomic mass is 16.5. The lowest BCUT2D eigenvalue weighted by atomic mass is 10.1. The number of nitrogens with zero attached hydrogens (tertiary/aromatic N) is 1. The molecule has 1 N–H and O–H groups in total. The van der Waals surface area contributed by atoms with Crippen molar-refractivity contribution >= 4 is 34.2 Å². The van der Waals surface area contributed by atoms with Gasteiger partial charge in [0, 0.05) is 42.0 Å². The number of carbonyl (C=O) groups excluding carboxylic acids is 2. The highest BCUT2D eigenvalue weighted by Gasteiger charge is 2.22. The van der Waals surface area contributed by atoms with E-state index in [1.807, 2.05) is 49.4 Å². The molecule has 3 aromatic rings. The third kappa shape index (κ3) is 5.44. The fourth-order valence-corrected chi connectivity index (χ4v) is 3.35. The third-order valence-electron chi connectivity index (χ3n) is 4.95. The highest BCUT2D eigenvalue weighted by Crippen LogP contribution is 2.27. The van der Waals surface area contributed by atoms with Gasteiger partial charge in [0.05, 0.1) is 6.61 Å².